The van der Waals surface area contributed by atoms with E-state index < -0.39 is 24.0 Å². The van der Waals surface area contributed by atoms with Crippen LogP contribution in [-0.4, -0.2) is 40.8 Å². The lowest BCUT2D eigenvalue weighted by atomic mass is 10.00. The minimum absolute atomic E-state index is 0.175. The van der Waals surface area contributed by atoms with E-state index in [4.69, 9.17) is 4.74 Å². The van der Waals surface area contributed by atoms with Crippen molar-refractivity contribution in [3.05, 3.63) is 57.7 Å². The fourth-order valence-electron chi connectivity index (χ4n) is 2.59. The van der Waals surface area contributed by atoms with Crippen LogP contribution in [-0.2, 0) is 16.0 Å². The van der Waals surface area contributed by atoms with E-state index >= 15 is 0 Å². The summed E-state index contributed by atoms with van der Waals surface area (Å²) in [5, 5.41) is 10.2. The molecule has 0 saturated carbocycles. The molecule has 1 aromatic rings. The minimum atomic E-state index is -0.968. The molecule has 1 aliphatic heterocycles. The highest BCUT2D eigenvalue weighted by molar-refractivity contribution is 14.1. The number of aliphatic hydroxyl groups excluding tert-OH is 1. The van der Waals surface area contributed by atoms with Crippen LogP contribution in [0.2, 0.25) is 0 Å². The maximum absolute atomic E-state index is 12.7. The Kier molecular flexibility index (Phi) is 7.19. The van der Waals surface area contributed by atoms with Gasteiger partial charge in [-0.2, -0.15) is 0 Å². The van der Waals surface area contributed by atoms with Gasteiger partial charge in [0.15, 0.2) is 0 Å². The highest BCUT2D eigenvalue weighted by Crippen LogP contribution is 2.21. The fourth-order valence-corrected chi connectivity index (χ4v) is 2.79. The molecule has 0 unspecified atom stereocenters. The van der Waals surface area contributed by atoms with Gasteiger partial charge in [0.05, 0.1) is 18.1 Å². The molecule has 1 fully saturated rings. The van der Waals surface area contributed by atoms with Gasteiger partial charge < -0.3 is 9.84 Å². The molecule has 0 spiro atoms. The summed E-state index contributed by atoms with van der Waals surface area (Å²) in [6, 6.07) is 9.30. The summed E-state index contributed by atoms with van der Waals surface area (Å²) in [6.07, 6.45) is 2.25. The van der Waals surface area contributed by atoms with Crippen LogP contribution in [0, 0.1) is 5.92 Å². The van der Waals surface area contributed by atoms with Crippen molar-refractivity contribution in [2.24, 2.45) is 5.92 Å². The smallest absolute Gasteiger partial charge is 0.416 e. The van der Waals surface area contributed by atoms with Gasteiger partial charge in [-0.05, 0) is 28.6 Å². The molecule has 2 amide bonds. The van der Waals surface area contributed by atoms with Crippen LogP contribution in [0.25, 0.3) is 0 Å². The van der Waals surface area contributed by atoms with Crippen molar-refractivity contribution in [3.8, 4) is 0 Å². The van der Waals surface area contributed by atoms with Gasteiger partial charge in [0.2, 0.25) is 5.91 Å². The standard InChI is InChI=1S/C19H22INO4/c1-13(11-20)8-9-17(22)14(2)18(23)21-16(12-25-19(21)24)10-15-6-4-3-5-7-15/h3-9,11,14,16-17,22H,10,12H2,1-2H3/b9-8+,13-11-/t14-,16-,17+/m0/s1. The zero-order valence-corrected chi connectivity index (χ0v) is 16.4. The normalized spacial score (nSPS) is 20.6. The first kappa shape index (κ1) is 19.7. The van der Waals surface area contributed by atoms with Gasteiger partial charge in [-0.1, -0.05) is 72.0 Å². The highest BCUT2D eigenvalue weighted by Gasteiger charge is 2.40. The minimum Gasteiger partial charge on any atom is -0.447 e. The number of benzene rings is 1. The second kappa shape index (κ2) is 9.15. The third kappa shape index (κ3) is 5.15. The molecule has 6 heteroatoms. The lowest BCUT2D eigenvalue weighted by Crippen LogP contribution is -2.45. The molecule has 25 heavy (non-hydrogen) atoms. The Labute approximate surface area is 161 Å². The number of allylic oxidation sites excluding steroid dienone is 2. The van der Waals surface area contributed by atoms with Gasteiger partial charge in [0.25, 0.3) is 0 Å². The number of hydrogen-bond donors (Lipinski definition) is 1. The predicted octanol–water partition coefficient (Wildman–Crippen LogP) is 3.47. The highest BCUT2D eigenvalue weighted by atomic mass is 127. The summed E-state index contributed by atoms with van der Waals surface area (Å²) < 4.78 is 6.95. The summed E-state index contributed by atoms with van der Waals surface area (Å²) in [5.74, 6) is -1.15. The predicted molar refractivity (Wildman–Crippen MR) is 104 cm³/mol. The monoisotopic (exact) mass is 455 g/mol. The molecule has 134 valence electrons. The molecule has 0 aromatic heterocycles. The largest absolute Gasteiger partial charge is 0.447 e. The second-order valence-corrected chi connectivity index (χ2v) is 6.74. The lowest BCUT2D eigenvalue weighted by molar-refractivity contribution is -0.135. The SMILES string of the molecule is CC(=C/I)/C=C/[C@@H](O)[C@H](C)C(=O)N1C(=O)OC[C@@H]1Cc1ccccc1. The van der Waals surface area contributed by atoms with Crippen molar-refractivity contribution < 1.29 is 19.4 Å². The van der Waals surface area contributed by atoms with Gasteiger partial charge >= 0.3 is 6.09 Å². The van der Waals surface area contributed by atoms with Crippen LogP contribution in [0.1, 0.15) is 19.4 Å². The number of ether oxygens (including phenoxy) is 1. The van der Waals surface area contributed by atoms with Crippen LogP contribution in [0.15, 0.2) is 52.1 Å². The van der Waals surface area contributed by atoms with Crippen LogP contribution in [0.3, 0.4) is 0 Å². The van der Waals surface area contributed by atoms with E-state index in [-0.39, 0.29) is 12.6 Å². The fraction of sp³-hybridized carbons (Fsp3) is 0.368. The third-order valence-corrected chi connectivity index (χ3v) is 5.13. The van der Waals surface area contributed by atoms with E-state index in [0.29, 0.717) is 6.42 Å². The van der Waals surface area contributed by atoms with Crippen molar-refractivity contribution in [1.29, 1.82) is 0 Å². The van der Waals surface area contributed by atoms with Crippen LogP contribution >= 0.6 is 22.6 Å². The van der Waals surface area contributed by atoms with E-state index in [0.717, 1.165) is 16.0 Å². The average molecular weight is 455 g/mol. The number of halogens is 1. The second-order valence-electron chi connectivity index (χ2n) is 6.12. The summed E-state index contributed by atoms with van der Waals surface area (Å²) in [4.78, 5) is 25.9. The van der Waals surface area contributed by atoms with Gasteiger partial charge in [-0.3, -0.25) is 4.79 Å². The molecule has 0 aliphatic carbocycles. The maximum Gasteiger partial charge on any atom is 0.416 e. The van der Waals surface area contributed by atoms with Crippen LogP contribution < -0.4 is 0 Å². The molecule has 2 rings (SSSR count). The molecule has 1 aliphatic rings. The van der Waals surface area contributed by atoms with Gasteiger partial charge in [-0.15, -0.1) is 0 Å². The number of aliphatic hydroxyl groups is 1. The molecule has 5 nitrogen and oxygen atoms in total. The number of hydrogen-bond acceptors (Lipinski definition) is 4. The first-order valence-electron chi connectivity index (χ1n) is 8.11. The van der Waals surface area contributed by atoms with E-state index in [9.17, 15) is 14.7 Å². The van der Waals surface area contributed by atoms with E-state index in [1.807, 2.05) is 41.3 Å². The first-order chi connectivity index (χ1) is 11.9. The van der Waals surface area contributed by atoms with Crippen LogP contribution in [0.4, 0.5) is 4.79 Å². The van der Waals surface area contributed by atoms with Gasteiger partial charge in [0.1, 0.15) is 6.61 Å². The molecule has 1 saturated heterocycles. The number of carbonyl (C=O) groups excluding carboxylic acids is 2. The maximum atomic E-state index is 12.7. The van der Waals surface area contributed by atoms with Crippen molar-refractivity contribution in [1.82, 2.24) is 4.90 Å². The number of cyclic esters (lactones) is 1. The first-order valence-corrected chi connectivity index (χ1v) is 9.35. The van der Waals surface area contributed by atoms with Crippen molar-refractivity contribution >= 4 is 34.6 Å². The van der Waals surface area contributed by atoms with Gasteiger partial charge in [0, 0.05) is 0 Å². The zero-order chi connectivity index (χ0) is 18.4. The Morgan fingerprint density at radius 2 is 2.12 bits per heavy atom. The van der Waals surface area contributed by atoms with Gasteiger partial charge in [-0.25, -0.2) is 9.69 Å². The third-order valence-electron chi connectivity index (χ3n) is 4.14. The van der Waals surface area contributed by atoms with Crippen LogP contribution in [0.5, 0.6) is 0 Å². The Bertz CT molecular complexity index is 671. The summed E-state index contributed by atoms with van der Waals surface area (Å²) in [6.45, 7) is 3.69. The van der Waals surface area contributed by atoms with E-state index in [1.54, 1.807) is 19.1 Å². The number of amides is 2. The Hall–Kier alpha value is -1.67. The van der Waals surface area contributed by atoms with Crippen molar-refractivity contribution in [3.63, 3.8) is 0 Å². The van der Waals surface area contributed by atoms with E-state index in [2.05, 4.69) is 22.6 Å². The Morgan fingerprint density at radius 3 is 2.76 bits per heavy atom. The van der Waals surface area contributed by atoms with Crippen molar-refractivity contribution in [2.75, 3.05) is 6.61 Å². The summed E-state index contributed by atoms with van der Waals surface area (Å²) in [5.41, 5.74) is 2.00. The molecular formula is C19H22INO4. The van der Waals surface area contributed by atoms with E-state index in [1.165, 1.54) is 0 Å². The molecule has 0 radical (unpaired) electrons. The molecule has 1 aromatic carbocycles. The lowest BCUT2D eigenvalue weighted by Gasteiger charge is -2.24. The average Bonchev–Trinajstić information content (AvgIpc) is 2.99. The van der Waals surface area contributed by atoms with Crippen molar-refractivity contribution in [2.45, 2.75) is 32.4 Å². The zero-order valence-electron chi connectivity index (χ0n) is 14.3. The number of rotatable bonds is 6. The number of imide groups is 1. The molecular weight excluding hydrogens is 433 g/mol. The molecule has 1 heterocycles. The Balaban J connectivity index is 2.09. The summed E-state index contributed by atoms with van der Waals surface area (Å²) >= 11 is 2.11. The number of nitrogens with zero attached hydrogens (tertiary/aromatic N) is 1. The topological polar surface area (TPSA) is 66.8 Å². The summed E-state index contributed by atoms with van der Waals surface area (Å²) in [7, 11) is 0. The Morgan fingerprint density at radius 1 is 1.44 bits per heavy atom. The molecule has 0 bridgehead atoms. The quantitative estimate of drug-likeness (QED) is 0.527. The molecule has 1 N–H and O–H groups in total. The molecule has 3 atom stereocenters. The number of carbonyl (C=O) groups is 2.